The zero-order valence-corrected chi connectivity index (χ0v) is 17.5. The minimum Gasteiger partial charge on any atom is -0.322 e. The molecule has 1 unspecified atom stereocenters. The van der Waals surface area contributed by atoms with Crippen LogP contribution in [-0.4, -0.2) is 39.2 Å². The van der Waals surface area contributed by atoms with Gasteiger partial charge in [-0.2, -0.15) is 5.10 Å². The Morgan fingerprint density at radius 1 is 1.18 bits per heavy atom. The number of hydrogen-bond donors (Lipinski definition) is 1. The highest BCUT2D eigenvalue weighted by atomic mass is 35.5. The van der Waals surface area contributed by atoms with E-state index in [0.29, 0.717) is 20.8 Å². The molecule has 3 aromatic rings. The Labute approximate surface area is 178 Å². The van der Waals surface area contributed by atoms with Crippen LogP contribution in [0.4, 0.5) is 5.69 Å². The molecule has 1 atom stereocenters. The van der Waals surface area contributed by atoms with Crippen molar-refractivity contribution in [2.24, 2.45) is 0 Å². The van der Waals surface area contributed by atoms with Gasteiger partial charge in [0.2, 0.25) is 5.91 Å². The first kappa shape index (κ1) is 20.6. The van der Waals surface area contributed by atoms with Gasteiger partial charge in [0.1, 0.15) is 12.7 Å². The van der Waals surface area contributed by atoms with Crippen molar-refractivity contribution in [1.29, 1.82) is 0 Å². The van der Waals surface area contributed by atoms with Crippen molar-refractivity contribution in [1.82, 2.24) is 19.7 Å². The summed E-state index contributed by atoms with van der Waals surface area (Å²) in [6, 6.07) is 11.0. The first-order valence-electron chi connectivity index (χ1n) is 8.44. The molecule has 0 aliphatic rings. The normalized spacial score (nSPS) is 12.2. The van der Waals surface area contributed by atoms with E-state index in [2.05, 4.69) is 15.4 Å². The SMILES string of the molecule is CC(c1ccc(-n2cncn2)cc1)N(C)CC(=O)Nc1c(Cl)cc(Cl)cc1Cl. The smallest absolute Gasteiger partial charge is 0.238 e. The average molecular weight is 439 g/mol. The second kappa shape index (κ2) is 8.92. The zero-order chi connectivity index (χ0) is 20.3. The third-order valence-electron chi connectivity index (χ3n) is 4.38. The maximum atomic E-state index is 12.4. The predicted molar refractivity (Wildman–Crippen MR) is 113 cm³/mol. The lowest BCUT2D eigenvalue weighted by Crippen LogP contribution is -2.32. The second-order valence-corrected chi connectivity index (χ2v) is 7.57. The highest BCUT2D eigenvalue weighted by Gasteiger charge is 2.17. The fourth-order valence-electron chi connectivity index (χ4n) is 2.71. The lowest BCUT2D eigenvalue weighted by atomic mass is 10.1. The van der Waals surface area contributed by atoms with Gasteiger partial charge in [-0.25, -0.2) is 9.67 Å². The fourth-order valence-corrected chi connectivity index (χ4v) is 3.62. The van der Waals surface area contributed by atoms with Crippen LogP contribution in [0.5, 0.6) is 0 Å². The number of aromatic nitrogens is 3. The molecular weight excluding hydrogens is 421 g/mol. The number of nitrogens with zero attached hydrogens (tertiary/aromatic N) is 4. The van der Waals surface area contributed by atoms with Crippen molar-refractivity contribution in [2.75, 3.05) is 18.9 Å². The Balaban J connectivity index is 1.64. The van der Waals surface area contributed by atoms with Crippen LogP contribution in [0.25, 0.3) is 5.69 Å². The number of likely N-dealkylation sites (N-methyl/N-ethyl adjacent to an activating group) is 1. The number of rotatable bonds is 6. The number of halogens is 3. The van der Waals surface area contributed by atoms with Crippen LogP contribution in [-0.2, 0) is 4.79 Å². The minimum atomic E-state index is -0.222. The molecule has 2 aromatic carbocycles. The molecule has 1 N–H and O–H groups in total. The summed E-state index contributed by atoms with van der Waals surface area (Å²) in [4.78, 5) is 18.3. The van der Waals surface area contributed by atoms with Crippen LogP contribution in [0.3, 0.4) is 0 Å². The molecule has 9 heteroatoms. The van der Waals surface area contributed by atoms with Gasteiger partial charge in [0.25, 0.3) is 0 Å². The summed E-state index contributed by atoms with van der Waals surface area (Å²) in [5.41, 5.74) is 2.35. The Kier molecular flexibility index (Phi) is 6.57. The number of amides is 1. The summed E-state index contributed by atoms with van der Waals surface area (Å²) in [5, 5.41) is 7.86. The molecule has 0 saturated heterocycles. The molecule has 1 aromatic heterocycles. The predicted octanol–water partition coefficient (Wildman–Crippen LogP) is 4.86. The van der Waals surface area contributed by atoms with E-state index in [1.165, 1.54) is 18.5 Å². The Hall–Kier alpha value is -2.12. The molecule has 0 bridgehead atoms. The van der Waals surface area contributed by atoms with Gasteiger partial charge in [0.15, 0.2) is 0 Å². The largest absolute Gasteiger partial charge is 0.322 e. The van der Waals surface area contributed by atoms with Gasteiger partial charge in [0, 0.05) is 11.1 Å². The van der Waals surface area contributed by atoms with Gasteiger partial charge in [0.05, 0.1) is 28.0 Å². The van der Waals surface area contributed by atoms with Crippen LogP contribution in [0.1, 0.15) is 18.5 Å². The molecule has 3 rings (SSSR count). The molecule has 28 heavy (non-hydrogen) atoms. The molecule has 0 radical (unpaired) electrons. The van der Waals surface area contributed by atoms with E-state index < -0.39 is 0 Å². The van der Waals surface area contributed by atoms with Crippen molar-refractivity contribution in [3.05, 3.63) is 69.7 Å². The summed E-state index contributed by atoms with van der Waals surface area (Å²) >= 11 is 18.1. The van der Waals surface area contributed by atoms with Crippen molar-refractivity contribution in [2.45, 2.75) is 13.0 Å². The second-order valence-electron chi connectivity index (χ2n) is 6.32. The van der Waals surface area contributed by atoms with Crippen LogP contribution in [0, 0.1) is 0 Å². The molecule has 0 fully saturated rings. The maximum absolute atomic E-state index is 12.4. The molecule has 6 nitrogen and oxygen atoms in total. The van der Waals surface area contributed by atoms with Crippen LogP contribution in [0.15, 0.2) is 49.1 Å². The summed E-state index contributed by atoms with van der Waals surface area (Å²) in [5.74, 6) is -0.222. The van der Waals surface area contributed by atoms with Crippen LogP contribution in [0.2, 0.25) is 15.1 Å². The van der Waals surface area contributed by atoms with E-state index >= 15 is 0 Å². The van der Waals surface area contributed by atoms with Gasteiger partial charge in [-0.3, -0.25) is 9.69 Å². The molecule has 146 valence electrons. The third kappa shape index (κ3) is 4.83. The minimum absolute atomic E-state index is 0.0201. The third-order valence-corrected chi connectivity index (χ3v) is 5.20. The van der Waals surface area contributed by atoms with E-state index in [-0.39, 0.29) is 18.5 Å². The quantitative estimate of drug-likeness (QED) is 0.597. The van der Waals surface area contributed by atoms with Gasteiger partial charge >= 0.3 is 0 Å². The standard InChI is InChI=1S/C19H18Cl3N5O/c1-12(13-3-5-15(6-4-13)27-11-23-10-24-27)26(2)9-18(28)25-19-16(21)7-14(20)8-17(19)22/h3-8,10-12H,9H2,1-2H3,(H,25,28). The summed E-state index contributed by atoms with van der Waals surface area (Å²) in [6.45, 7) is 2.20. The van der Waals surface area contributed by atoms with Crippen molar-refractivity contribution in [3.63, 3.8) is 0 Å². The van der Waals surface area contributed by atoms with Crippen molar-refractivity contribution >= 4 is 46.4 Å². The zero-order valence-electron chi connectivity index (χ0n) is 15.2. The summed E-state index contributed by atoms with van der Waals surface area (Å²) in [7, 11) is 1.88. The first-order valence-corrected chi connectivity index (χ1v) is 9.58. The monoisotopic (exact) mass is 437 g/mol. The van der Waals surface area contributed by atoms with Crippen molar-refractivity contribution in [3.8, 4) is 5.69 Å². The lowest BCUT2D eigenvalue weighted by Gasteiger charge is -2.25. The first-order chi connectivity index (χ1) is 13.3. The number of hydrogen-bond acceptors (Lipinski definition) is 4. The highest BCUT2D eigenvalue weighted by Crippen LogP contribution is 2.33. The summed E-state index contributed by atoms with van der Waals surface area (Å²) in [6.07, 6.45) is 3.13. The van der Waals surface area contributed by atoms with E-state index in [1.807, 2.05) is 43.1 Å². The highest BCUT2D eigenvalue weighted by molar-refractivity contribution is 6.42. The van der Waals surface area contributed by atoms with Crippen LogP contribution >= 0.6 is 34.8 Å². The molecule has 0 saturated carbocycles. The molecule has 1 heterocycles. The maximum Gasteiger partial charge on any atom is 0.238 e. The fraction of sp³-hybridized carbons (Fsp3) is 0.211. The van der Waals surface area contributed by atoms with Gasteiger partial charge < -0.3 is 5.32 Å². The molecule has 0 aliphatic carbocycles. The van der Waals surface area contributed by atoms with Gasteiger partial charge in [-0.15, -0.1) is 0 Å². The average Bonchev–Trinajstić information content (AvgIpc) is 3.19. The van der Waals surface area contributed by atoms with Gasteiger partial charge in [-0.05, 0) is 43.8 Å². The Morgan fingerprint density at radius 2 is 1.82 bits per heavy atom. The Morgan fingerprint density at radius 3 is 2.39 bits per heavy atom. The molecule has 1 amide bonds. The van der Waals surface area contributed by atoms with E-state index in [0.717, 1.165) is 11.3 Å². The molecule has 0 spiro atoms. The molecule has 0 aliphatic heterocycles. The van der Waals surface area contributed by atoms with Crippen LogP contribution < -0.4 is 5.32 Å². The number of carbonyl (C=O) groups is 1. The number of anilines is 1. The van der Waals surface area contributed by atoms with E-state index in [1.54, 1.807) is 11.0 Å². The Bertz CT molecular complexity index is 937. The number of nitrogens with one attached hydrogen (secondary N) is 1. The van der Waals surface area contributed by atoms with Crippen molar-refractivity contribution < 1.29 is 4.79 Å². The topological polar surface area (TPSA) is 63.1 Å². The van der Waals surface area contributed by atoms with E-state index in [4.69, 9.17) is 34.8 Å². The van der Waals surface area contributed by atoms with E-state index in [9.17, 15) is 4.79 Å². The number of carbonyl (C=O) groups excluding carboxylic acids is 1. The summed E-state index contributed by atoms with van der Waals surface area (Å²) < 4.78 is 1.69. The molecular formula is C19H18Cl3N5O. The number of benzene rings is 2. The lowest BCUT2D eigenvalue weighted by molar-refractivity contribution is -0.117. The van der Waals surface area contributed by atoms with Gasteiger partial charge in [-0.1, -0.05) is 46.9 Å².